The Balaban J connectivity index is 1.85. The van der Waals surface area contributed by atoms with Gasteiger partial charge in [0, 0.05) is 13.2 Å². The highest BCUT2D eigenvalue weighted by atomic mass is 16.5. The molecule has 1 aliphatic heterocycles. The summed E-state index contributed by atoms with van der Waals surface area (Å²) in [6.45, 7) is 4.25. The van der Waals surface area contributed by atoms with Crippen LogP contribution in [0.15, 0.2) is 24.3 Å². The molecule has 1 aromatic rings. The van der Waals surface area contributed by atoms with Crippen molar-refractivity contribution >= 4 is 0 Å². The fourth-order valence-corrected chi connectivity index (χ4v) is 2.26. The second kappa shape index (κ2) is 7.18. The van der Waals surface area contributed by atoms with Gasteiger partial charge in [0.15, 0.2) is 0 Å². The molecule has 0 amide bonds. The van der Waals surface area contributed by atoms with Crippen LogP contribution in [0.3, 0.4) is 0 Å². The summed E-state index contributed by atoms with van der Waals surface area (Å²) >= 11 is 0. The standard InChI is InChI=1S/C16H21NO2/c1-3-15(16-6-5-11-19-16)17-12-13-7-9-14(10-8-13)18-4-2/h1,7-10,15-17H,4-6,11-12H2,2H3. The minimum absolute atomic E-state index is 0.00549. The van der Waals surface area contributed by atoms with E-state index >= 15 is 0 Å². The van der Waals surface area contributed by atoms with Gasteiger partial charge in [-0.3, -0.25) is 5.32 Å². The highest BCUT2D eigenvalue weighted by Gasteiger charge is 2.23. The van der Waals surface area contributed by atoms with Crippen molar-refractivity contribution in [2.45, 2.75) is 38.5 Å². The van der Waals surface area contributed by atoms with E-state index < -0.39 is 0 Å². The molecule has 0 bridgehead atoms. The van der Waals surface area contributed by atoms with E-state index in [1.54, 1.807) is 0 Å². The van der Waals surface area contributed by atoms with E-state index in [1.807, 2.05) is 19.1 Å². The van der Waals surface area contributed by atoms with E-state index in [0.29, 0.717) is 6.61 Å². The van der Waals surface area contributed by atoms with E-state index in [9.17, 15) is 0 Å². The molecular weight excluding hydrogens is 238 g/mol. The Morgan fingerprint density at radius 3 is 2.84 bits per heavy atom. The minimum atomic E-state index is -0.00549. The maximum atomic E-state index is 5.62. The molecule has 19 heavy (non-hydrogen) atoms. The number of terminal acetylenes is 1. The van der Waals surface area contributed by atoms with Crippen LogP contribution in [0, 0.1) is 12.3 Å². The fraction of sp³-hybridized carbons (Fsp3) is 0.500. The Bertz CT molecular complexity index is 415. The lowest BCUT2D eigenvalue weighted by Crippen LogP contribution is -2.37. The summed E-state index contributed by atoms with van der Waals surface area (Å²) in [5, 5.41) is 3.38. The second-order valence-corrected chi connectivity index (χ2v) is 4.65. The molecule has 1 heterocycles. The highest BCUT2D eigenvalue weighted by Crippen LogP contribution is 2.16. The first-order chi connectivity index (χ1) is 9.33. The van der Waals surface area contributed by atoms with Crippen molar-refractivity contribution in [3.63, 3.8) is 0 Å². The molecule has 2 atom stereocenters. The van der Waals surface area contributed by atoms with E-state index in [-0.39, 0.29) is 12.1 Å². The van der Waals surface area contributed by atoms with Crippen LogP contribution in [0.25, 0.3) is 0 Å². The molecule has 1 fully saturated rings. The first kappa shape index (κ1) is 13.9. The Kier molecular flexibility index (Phi) is 5.26. The molecular formula is C16H21NO2. The van der Waals surface area contributed by atoms with Gasteiger partial charge in [-0.25, -0.2) is 0 Å². The predicted molar refractivity (Wildman–Crippen MR) is 76.0 cm³/mol. The third-order valence-corrected chi connectivity index (χ3v) is 3.28. The number of hydrogen-bond acceptors (Lipinski definition) is 3. The third kappa shape index (κ3) is 3.99. The lowest BCUT2D eigenvalue weighted by Gasteiger charge is -2.19. The average molecular weight is 259 g/mol. The van der Waals surface area contributed by atoms with Gasteiger partial charge in [0.1, 0.15) is 5.75 Å². The molecule has 1 N–H and O–H groups in total. The summed E-state index contributed by atoms with van der Waals surface area (Å²) in [4.78, 5) is 0. The predicted octanol–water partition coefficient (Wildman–Crippen LogP) is 2.36. The molecule has 1 saturated heterocycles. The van der Waals surface area contributed by atoms with Gasteiger partial charge in [0.2, 0.25) is 0 Å². The van der Waals surface area contributed by atoms with Crippen LogP contribution in [-0.2, 0) is 11.3 Å². The summed E-state index contributed by atoms with van der Waals surface area (Å²) < 4.78 is 11.0. The lowest BCUT2D eigenvalue weighted by molar-refractivity contribution is 0.0934. The van der Waals surface area contributed by atoms with Crippen molar-refractivity contribution in [1.29, 1.82) is 0 Å². The number of ether oxygens (including phenoxy) is 2. The Hall–Kier alpha value is -1.50. The van der Waals surface area contributed by atoms with Crippen LogP contribution in [0.4, 0.5) is 0 Å². The smallest absolute Gasteiger partial charge is 0.119 e. The molecule has 2 rings (SSSR count). The zero-order valence-electron chi connectivity index (χ0n) is 11.4. The molecule has 0 spiro atoms. The van der Waals surface area contributed by atoms with Gasteiger partial charge in [0.05, 0.1) is 18.8 Å². The fourth-order valence-electron chi connectivity index (χ4n) is 2.26. The molecule has 3 heteroatoms. The van der Waals surface area contributed by atoms with Crippen molar-refractivity contribution < 1.29 is 9.47 Å². The van der Waals surface area contributed by atoms with Gasteiger partial charge in [-0.1, -0.05) is 18.1 Å². The number of hydrogen-bond donors (Lipinski definition) is 1. The first-order valence-electron chi connectivity index (χ1n) is 6.86. The quantitative estimate of drug-likeness (QED) is 0.796. The third-order valence-electron chi connectivity index (χ3n) is 3.28. The summed E-state index contributed by atoms with van der Waals surface area (Å²) in [5.41, 5.74) is 1.20. The summed E-state index contributed by atoms with van der Waals surface area (Å²) in [6.07, 6.45) is 7.88. The zero-order chi connectivity index (χ0) is 13.5. The zero-order valence-corrected chi connectivity index (χ0v) is 11.4. The van der Waals surface area contributed by atoms with E-state index in [0.717, 1.165) is 31.7 Å². The molecule has 1 aromatic carbocycles. The van der Waals surface area contributed by atoms with Crippen LogP contribution < -0.4 is 10.1 Å². The maximum absolute atomic E-state index is 5.62. The SMILES string of the molecule is C#CC(NCc1ccc(OCC)cc1)C1CCCO1. The molecule has 2 unspecified atom stereocenters. The first-order valence-corrected chi connectivity index (χ1v) is 6.86. The number of benzene rings is 1. The van der Waals surface area contributed by atoms with Gasteiger partial charge < -0.3 is 9.47 Å². The summed E-state index contributed by atoms with van der Waals surface area (Å²) in [5.74, 6) is 3.69. The Labute approximate surface area is 115 Å². The van der Waals surface area contributed by atoms with Gasteiger partial charge in [0.25, 0.3) is 0 Å². The Morgan fingerprint density at radius 1 is 1.47 bits per heavy atom. The molecule has 0 aliphatic carbocycles. The molecule has 0 radical (unpaired) electrons. The van der Waals surface area contributed by atoms with Crippen LogP contribution in [-0.4, -0.2) is 25.4 Å². The normalized spacial score (nSPS) is 19.9. The summed E-state index contributed by atoms with van der Waals surface area (Å²) in [7, 11) is 0. The summed E-state index contributed by atoms with van der Waals surface area (Å²) in [6, 6.07) is 8.07. The van der Waals surface area contributed by atoms with Crippen LogP contribution in [0.5, 0.6) is 5.75 Å². The maximum Gasteiger partial charge on any atom is 0.119 e. The van der Waals surface area contributed by atoms with Crippen molar-refractivity contribution in [1.82, 2.24) is 5.32 Å². The van der Waals surface area contributed by atoms with Crippen LogP contribution in [0.1, 0.15) is 25.3 Å². The average Bonchev–Trinajstić information content (AvgIpc) is 2.96. The number of rotatable bonds is 6. The van der Waals surface area contributed by atoms with Crippen molar-refractivity contribution in [2.75, 3.05) is 13.2 Å². The Morgan fingerprint density at radius 2 is 2.26 bits per heavy atom. The van der Waals surface area contributed by atoms with Crippen LogP contribution >= 0.6 is 0 Å². The second-order valence-electron chi connectivity index (χ2n) is 4.65. The van der Waals surface area contributed by atoms with Gasteiger partial charge in [-0.2, -0.15) is 0 Å². The van der Waals surface area contributed by atoms with Crippen LogP contribution in [0.2, 0.25) is 0 Å². The van der Waals surface area contributed by atoms with Gasteiger partial charge >= 0.3 is 0 Å². The molecule has 102 valence electrons. The lowest BCUT2D eigenvalue weighted by atomic mass is 10.1. The molecule has 0 aromatic heterocycles. The van der Waals surface area contributed by atoms with E-state index in [2.05, 4.69) is 23.4 Å². The molecule has 0 saturated carbocycles. The van der Waals surface area contributed by atoms with E-state index in [1.165, 1.54) is 5.56 Å². The van der Waals surface area contributed by atoms with Gasteiger partial charge in [-0.15, -0.1) is 6.42 Å². The van der Waals surface area contributed by atoms with Crippen molar-refractivity contribution in [3.8, 4) is 18.1 Å². The minimum Gasteiger partial charge on any atom is -0.494 e. The highest BCUT2D eigenvalue weighted by molar-refractivity contribution is 5.27. The van der Waals surface area contributed by atoms with E-state index in [4.69, 9.17) is 15.9 Å². The molecule has 1 aliphatic rings. The van der Waals surface area contributed by atoms with Crippen molar-refractivity contribution in [3.05, 3.63) is 29.8 Å². The largest absolute Gasteiger partial charge is 0.494 e. The monoisotopic (exact) mass is 259 g/mol. The molecule has 3 nitrogen and oxygen atoms in total. The van der Waals surface area contributed by atoms with Crippen molar-refractivity contribution in [2.24, 2.45) is 0 Å². The van der Waals surface area contributed by atoms with Gasteiger partial charge in [-0.05, 0) is 37.5 Å². The topological polar surface area (TPSA) is 30.5 Å². The number of nitrogens with one attached hydrogen (secondary N) is 1.